The van der Waals surface area contributed by atoms with Crippen LogP contribution >= 0.6 is 11.6 Å². The first-order chi connectivity index (χ1) is 12.4. The predicted octanol–water partition coefficient (Wildman–Crippen LogP) is 4.65. The Labute approximate surface area is 155 Å². The first-order valence-electron chi connectivity index (χ1n) is 8.26. The molecule has 26 heavy (non-hydrogen) atoms. The molecule has 0 aliphatic carbocycles. The van der Waals surface area contributed by atoms with Gasteiger partial charge in [-0.3, -0.25) is 4.79 Å². The molecule has 0 bridgehead atoms. The van der Waals surface area contributed by atoms with E-state index in [0.717, 1.165) is 6.42 Å². The molecule has 1 amide bonds. The molecular weight excluding hydrogens is 360 g/mol. The van der Waals surface area contributed by atoms with Crippen LogP contribution in [0.2, 0.25) is 5.02 Å². The fourth-order valence-electron chi connectivity index (χ4n) is 2.87. The predicted molar refractivity (Wildman–Crippen MR) is 97.2 cm³/mol. The van der Waals surface area contributed by atoms with Gasteiger partial charge in [0.05, 0.1) is 22.6 Å². The molecule has 7 heteroatoms. The Morgan fingerprint density at radius 2 is 2.00 bits per heavy atom. The summed E-state index contributed by atoms with van der Waals surface area (Å²) in [7, 11) is 1.63. The molecule has 0 saturated carbocycles. The Bertz CT molecular complexity index is 971. The second-order valence-electron chi connectivity index (χ2n) is 6.10. The number of aryl methyl sites for hydroxylation is 1. The quantitative estimate of drug-likeness (QED) is 0.649. The molecule has 0 unspecified atom stereocenters. The lowest BCUT2D eigenvalue weighted by Gasteiger charge is -2.18. The highest BCUT2D eigenvalue weighted by molar-refractivity contribution is 6.31. The molecule has 0 radical (unpaired) electrons. The molecule has 0 N–H and O–H groups in total. The molecule has 0 spiro atoms. The summed E-state index contributed by atoms with van der Waals surface area (Å²) in [6.45, 7) is 2.92. The number of amides is 1. The highest BCUT2D eigenvalue weighted by atomic mass is 35.5. The largest absolute Gasteiger partial charge is 0.334 e. The van der Waals surface area contributed by atoms with Crippen LogP contribution in [-0.2, 0) is 13.1 Å². The average Bonchev–Trinajstić information content (AvgIpc) is 2.94. The Morgan fingerprint density at radius 1 is 1.23 bits per heavy atom. The number of hydrogen-bond acceptors (Lipinski definition) is 2. The van der Waals surface area contributed by atoms with Crippen molar-refractivity contribution in [3.05, 3.63) is 64.4 Å². The molecular formula is C19H18ClF2N3O. The average molecular weight is 378 g/mol. The van der Waals surface area contributed by atoms with Crippen LogP contribution in [0, 0.1) is 11.6 Å². The van der Waals surface area contributed by atoms with Gasteiger partial charge < -0.3 is 9.47 Å². The summed E-state index contributed by atoms with van der Waals surface area (Å²) in [6, 6.07) is 8.30. The summed E-state index contributed by atoms with van der Waals surface area (Å²) in [5, 5.41) is -0.0991. The Kier molecular flexibility index (Phi) is 5.23. The number of hydrogen-bond donors (Lipinski definition) is 0. The molecule has 1 aromatic heterocycles. The lowest BCUT2D eigenvalue weighted by Crippen LogP contribution is -2.27. The molecule has 3 aromatic rings. The smallest absolute Gasteiger partial charge is 0.254 e. The fourth-order valence-corrected chi connectivity index (χ4v) is 3.05. The maximum atomic E-state index is 13.6. The molecule has 0 aliphatic rings. The zero-order valence-electron chi connectivity index (χ0n) is 14.5. The molecule has 3 rings (SSSR count). The van der Waals surface area contributed by atoms with Crippen molar-refractivity contribution in [1.82, 2.24) is 14.5 Å². The van der Waals surface area contributed by atoms with Gasteiger partial charge in [0.1, 0.15) is 17.5 Å². The number of fused-ring (bicyclic) bond motifs is 1. The van der Waals surface area contributed by atoms with Gasteiger partial charge in [-0.05, 0) is 42.8 Å². The fraction of sp³-hybridized carbons (Fsp3) is 0.263. The summed E-state index contributed by atoms with van der Waals surface area (Å²) < 4.78 is 28.8. The van der Waals surface area contributed by atoms with Crippen molar-refractivity contribution in [1.29, 1.82) is 0 Å². The number of aromatic nitrogens is 2. The van der Waals surface area contributed by atoms with E-state index < -0.39 is 5.82 Å². The van der Waals surface area contributed by atoms with Crippen LogP contribution in [0.1, 0.15) is 29.5 Å². The molecule has 2 aromatic carbocycles. The van der Waals surface area contributed by atoms with E-state index in [0.29, 0.717) is 29.0 Å². The maximum Gasteiger partial charge on any atom is 0.254 e. The summed E-state index contributed by atoms with van der Waals surface area (Å²) in [5.41, 5.74) is 1.68. The van der Waals surface area contributed by atoms with Crippen LogP contribution in [0.15, 0.2) is 36.4 Å². The molecule has 0 aliphatic heterocycles. The SMILES string of the molecule is CCCn1c(CN(C)C(=O)c2ccc(F)c(Cl)c2)nc2ccc(F)cc21. The van der Waals surface area contributed by atoms with Crippen LogP contribution in [0.3, 0.4) is 0 Å². The van der Waals surface area contributed by atoms with Crippen molar-refractivity contribution in [2.75, 3.05) is 7.05 Å². The standard InChI is InChI=1S/C19H18ClF2N3O/c1-3-8-25-17-10-13(21)5-7-16(17)23-18(25)11-24(2)19(26)12-4-6-15(22)14(20)9-12/h4-7,9-10H,3,8,11H2,1-2H3. The van der Waals surface area contributed by atoms with Gasteiger partial charge in [0, 0.05) is 19.2 Å². The van der Waals surface area contributed by atoms with Gasteiger partial charge in [-0.2, -0.15) is 0 Å². The third-order valence-corrected chi connectivity index (χ3v) is 4.42. The minimum Gasteiger partial charge on any atom is -0.334 e. The van der Waals surface area contributed by atoms with Crippen molar-refractivity contribution in [2.24, 2.45) is 0 Å². The number of imidazole rings is 1. The first kappa shape index (κ1) is 18.3. The van der Waals surface area contributed by atoms with Gasteiger partial charge >= 0.3 is 0 Å². The molecule has 4 nitrogen and oxygen atoms in total. The van der Waals surface area contributed by atoms with Crippen LogP contribution < -0.4 is 0 Å². The van der Waals surface area contributed by atoms with Crippen LogP contribution in [-0.4, -0.2) is 27.4 Å². The minimum atomic E-state index is -0.572. The van der Waals surface area contributed by atoms with E-state index in [9.17, 15) is 13.6 Å². The lowest BCUT2D eigenvalue weighted by atomic mass is 10.2. The lowest BCUT2D eigenvalue weighted by molar-refractivity contribution is 0.0780. The van der Waals surface area contributed by atoms with Gasteiger partial charge in [0.2, 0.25) is 0 Å². The number of rotatable bonds is 5. The Morgan fingerprint density at radius 3 is 2.69 bits per heavy atom. The van der Waals surface area contributed by atoms with E-state index >= 15 is 0 Å². The van der Waals surface area contributed by atoms with E-state index in [-0.39, 0.29) is 23.3 Å². The zero-order valence-corrected chi connectivity index (χ0v) is 15.2. The summed E-state index contributed by atoms with van der Waals surface area (Å²) in [6.07, 6.45) is 0.847. The third-order valence-electron chi connectivity index (χ3n) is 4.13. The first-order valence-corrected chi connectivity index (χ1v) is 8.63. The number of nitrogens with zero attached hydrogens (tertiary/aromatic N) is 3. The number of halogens is 3. The van der Waals surface area contributed by atoms with Gasteiger partial charge in [-0.15, -0.1) is 0 Å². The number of carbonyl (C=O) groups excluding carboxylic acids is 1. The molecule has 0 saturated heterocycles. The van der Waals surface area contributed by atoms with Crippen LogP contribution in [0.5, 0.6) is 0 Å². The topological polar surface area (TPSA) is 38.1 Å². The van der Waals surface area contributed by atoms with Gasteiger partial charge in [-0.1, -0.05) is 18.5 Å². The van der Waals surface area contributed by atoms with Gasteiger partial charge in [0.15, 0.2) is 0 Å². The van der Waals surface area contributed by atoms with Crippen LogP contribution in [0.25, 0.3) is 11.0 Å². The van der Waals surface area contributed by atoms with Crippen molar-refractivity contribution < 1.29 is 13.6 Å². The van der Waals surface area contributed by atoms with Crippen LogP contribution in [0.4, 0.5) is 8.78 Å². The van der Waals surface area contributed by atoms with E-state index in [1.165, 1.54) is 35.2 Å². The van der Waals surface area contributed by atoms with E-state index in [1.54, 1.807) is 13.1 Å². The summed E-state index contributed by atoms with van der Waals surface area (Å²) in [4.78, 5) is 18.6. The van der Waals surface area contributed by atoms with E-state index in [1.807, 2.05) is 11.5 Å². The number of benzene rings is 2. The van der Waals surface area contributed by atoms with Gasteiger partial charge in [0.25, 0.3) is 5.91 Å². The molecule has 136 valence electrons. The second-order valence-corrected chi connectivity index (χ2v) is 6.51. The minimum absolute atomic E-state index is 0.0991. The maximum absolute atomic E-state index is 13.6. The van der Waals surface area contributed by atoms with E-state index in [4.69, 9.17) is 11.6 Å². The Hall–Kier alpha value is -2.47. The highest BCUT2D eigenvalue weighted by Gasteiger charge is 2.18. The van der Waals surface area contributed by atoms with E-state index in [2.05, 4.69) is 4.98 Å². The number of carbonyl (C=O) groups is 1. The van der Waals surface area contributed by atoms with Crippen molar-refractivity contribution >= 4 is 28.5 Å². The zero-order chi connectivity index (χ0) is 18.8. The molecule has 0 atom stereocenters. The van der Waals surface area contributed by atoms with Gasteiger partial charge in [-0.25, -0.2) is 13.8 Å². The van der Waals surface area contributed by atoms with Crippen molar-refractivity contribution in [2.45, 2.75) is 26.4 Å². The highest BCUT2D eigenvalue weighted by Crippen LogP contribution is 2.21. The van der Waals surface area contributed by atoms with Crippen molar-refractivity contribution in [3.63, 3.8) is 0 Å². The third kappa shape index (κ3) is 3.55. The summed E-state index contributed by atoms with van der Waals surface area (Å²) in [5.74, 6) is -0.533. The Balaban J connectivity index is 1.90. The monoisotopic (exact) mass is 377 g/mol. The molecule has 0 fully saturated rings. The summed E-state index contributed by atoms with van der Waals surface area (Å²) >= 11 is 5.76. The normalized spacial score (nSPS) is 11.1. The van der Waals surface area contributed by atoms with Crippen molar-refractivity contribution in [3.8, 4) is 0 Å². The second kappa shape index (κ2) is 7.41. The molecule has 1 heterocycles.